The molecule has 6 aliphatic rings. The first-order chi connectivity index (χ1) is 12.6. The second-order valence-corrected chi connectivity index (χ2v) is 8.71. The average molecular weight is 352 g/mol. The lowest BCUT2D eigenvalue weighted by molar-refractivity contribution is -0.199. The smallest absolute Gasteiger partial charge is 0.302 e. The molecule has 5 bridgehead atoms. The Labute approximate surface area is 153 Å². The van der Waals surface area contributed by atoms with Gasteiger partial charge < -0.3 is 9.84 Å². The summed E-state index contributed by atoms with van der Waals surface area (Å²) in [6, 6.07) is 8.79. The highest BCUT2D eigenvalue weighted by Crippen LogP contribution is 2.67. The molecule has 3 unspecified atom stereocenters. The number of nitrogens with zero attached hydrogens (tertiary/aromatic N) is 2. The molecule has 1 spiro atoms. The predicted molar refractivity (Wildman–Crippen MR) is 96.2 cm³/mol. The van der Waals surface area contributed by atoms with E-state index in [0.29, 0.717) is 11.8 Å². The molecule has 4 saturated heterocycles. The highest BCUT2D eigenvalue weighted by atomic mass is 16.5. The number of fused-ring (bicyclic) bond motifs is 2. The Hall–Kier alpha value is -1.72. The molecule has 0 amide bonds. The number of esters is 1. The third-order valence-electron chi connectivity index (χ3n) is 7.94. The molecule has 26 heavy (non-hydrogen) atoms. The maximum Gasteiger partial charge on any atom is 0.302 e. The lowest BCUT2D eigenvalue weighted by Crippen LogP contribution is -2.70. The number of aliphatic hydroxyl groups excluding tert-OH is 1. The average Bonchev–Trinajstić information content (AvgIpc) is 3.08. The molecular formula is C21H24N2O3. The van der Waals surface area contributed by atoms with Crippen LogP contribution in [-0.4, -0.2) is 46.1 Å². The van der Waals surface area contributed by atoms with Gasteiger partial charge in [-0.2, -0.15) is 0 Å². The largest absolute Gasteiger partial charge is 0.461 e. The van der Waals surface area contributed by atoms with Gasteiger partial charge >= 0.3 is 5.97 Å². The Balaban J connectivity index is 1.60. The van der Waals surface area contributed by atoms with Gasteiger partial charge in [-0.25, -0.2) is 0 Å². The Bertz CT molecular complexity index is 851. The van der Waals surface area contributed by atoms with E-state index in [1.807, 2.05) is 6.07 Å². The van der Waals surface area contributed by atoms with Crippen LogP contribution in [0.5, 0.6) is 0 Å². The molecule has 0 radical (unpaired) electrons. The van der Waals surface area contributed by atoms with Gasteiger partial charge in [0.15, 0.2) is 0 Å². The molecule has 9 atom stereocenters. The summed E-state index contributed by atoms with van der Waals surface area (Å²) in [4.78, 5) is 19.4. The third-order valence-corrected chi connectivity index (χ3v) is 7.94. The fourth-order valence-corrected chi connectivity index (χ4v) is 7.30. The van der Waals surface area contributed by atoms with Crippen LogP contribution in [0.2, 0.25) is 0 Å². The number of hydrogen-bond donors (Lipinski definition) is 1. The van der Waals surface area contributed by atoms with Gasteiger partial charge in [0.2, 0.25) is 0 Å². The highest BCUT2D eigenvalue weighted by molar-refractivity contribution is 6.07. The van der Waals surface area contributed by atoms with Crippen LogP contribution in [0, 0.1) is 17.8 Å². The molecule has 5 aliphatic heterocycles. The summed E-state index contributed by atoms with van der Waals surface area (Å²) in [5.74, 6) is 0.750. The van der Waals surface area contributed by atoms with Crippen LogP contribution in [0.4, 0.5) is 5.69 Å². The van der Waals surface area contributed by atoms with Crippen molar-refractivity contribution in [1.82, 2.24) is 4.90 Å². The van der Waals surface area contributed by atoms with E-state index in [1.165, 1.54) is 12.5 Å². The number of piperidine rings is 4. The highest BCUT2D eigenvalue weighted by Gasteiger charge is 2.75. The predicted octanol–water partition coefficient (Wildman–Crippen LogP) is 2.39. The van der Waals surface area contributed by atoms with Gasteiger partial charge in [-0.15, -0.1) is 0 Å². The van der Waals surface area contributed by atoms with Crippen molar-refractivity contribution < 1.29 is 14.6 Å². The minimum Gasteiger partial charge on any atom is -0.461 e. The number of aliphatic hydroxyl groups is 1. The van der Waals surface area contributed by atoms with Crippen molar-refractivity contribution >= 4 is 17.4 Å². The van der Waals surface area contributed by atoms with Crippen LogP contribution in [0.1, 0.15) is 38.7 Å². The summed E-state index contributed by atoms with van der Waals surface area (Å²) in [5.41, 5.74) is 3.10. The maximum atomic E-state index is 12.1. The van der Waals surface area contributed by atoms with Crippen LogP contribution >= 0.6 is 0 Å². The number of para-hydroxylation sites is 1. The van der Waals surface area contributed by atoms with Crippen molar-refractivity contribution in [2.75, 3.05) is 0 Å². The van der Waals surface area contributed by atoms with Crippen molar-refractivity contribution in [1.29, 1.82) is 0 Å². The number of hydrogen-bond acceptors (Lipinski definition) is 5. The first kappa shape index (κ1) is 15.3. The van der Waals surface area contributed by atoms with Gasteiger partial charge in [0.25, 0.3) is 0 Å². The third kappa shape index (κ3) is 1.49. The van der Waals surface area contributed by atoms with E-state index < -0.39 is 6.23 Å². The summed E-state index contributed by atoms with van der Waals surface area (Å²) in [6.45, 7) is 3.69. The molecule has 1 aliphatic carbocycles. The summed E-state index contributed by atoms with van der Waals surface area (Å²) >= 11 is 0. The standard InChI is InChI=1S/C21H24N2O3/c1-3-11-12-8-15-18-21(13-6-4-5-7-14(13)22-18)9-16(23(15)20(11)25)17(12)19(21)26-10(2)24/h4-7,11-12,15-17,19-20,25H,3,8-9H2,1-2H3/t11-,12+,15-,16-,17?,19+,20+,21?/m0/s1. The van der Waals surface area contributed by atoms with Crippen LogP contribution in [0.15, 0.2) is 29.3 Å². The van der Waals surface area contributed by atoms with Crippen LogP contribution < -0.4 is 0 Å². The Morgan fingerprint density at radius 2 is 2.23 bits per heavy atom. The summed E-state index contributed by atoms with van der Waals surface area (Å²) in [5, 5.41) is 11.1. The number of rotatable bonds is 2. The van der Waals surface area contributed by atoms with Gasteiger partial charge in [0.1, 0.15) is 12.3 Å². The molecule has 5 heteroatoms. The number of ether oxygens (including phenoxy) is 1. The van der Waals surface area contributed by atoms with E-state index in [4.69, 9.17) is 9.73 Å². The molecule has 0 aromatic heterocycles. The number of aliphatic imine (C=N–C) groups is 1. The minimum absolute atomic E-state index is 0.158. The zero-order chi connectivity index (χ0) is 17.8. The lowest BCUT2D eigenvalue weighted by atomic mass is 9.63. The molecule has 7 rings (SSSR count). The first-order valence-electron chi connectivity index (χ1n) is 9.89. The molecule has 1 aromatic rings. The summed E-state index contributed by atoms with van der Waals surface area (Å²) < 4.78 is 6.07. The Morgan fingerprint density at radius 1 is 1.42 bits per heavy atom. The second kappa shape index (κ2) is 4.76. The fraction of sp³-hybridized carbons (Fsp3) is 0.619. The second-order valence-electron chi connectivity index (χ2n) is 8.71. The van der Waals surface area contributed by atoms with Crippen molar-refractivity contribution in [2.24, 2.45) is 22.7 Å². The van der Waals surface area contributed by atoms with E-state index in [2.05, 4.69) is 30.0 Å². The van der Waals surface area contributed by atoms with Gasteiger partial charge in [0, 0.05) is 24.8 Å². The molecule has 1 N–H and O–H groups in total. The molecule has 5 fully saturated rings. The lowest BCUT2D eigenvalue weighted by Gasteiger charge is -2.60. The molecule has 136 valence electrons. The van der Waals surface area contributed by atoms with E-state index in [1.54, 1.807) is 0 Å². The number of benzene rings is 1. The quantitative estimate of drug-likeness (QED) is 0.830. The number of carbonyl (C=O) groups is 1. The first-order valence-corrected chi connectivity index (χ1v) is 9.89. The normalized spacial score (nSPS) is 49.0. The maximum absolute atomic E-state index is 12.1. The summed E-state index contributed by atoms with van der Waals surface area (Å²) in [7, 11) is 0. The van der Waals surface area contributed by atoms with Gasteiger partial charge in [-0.3, -0.25) is 14.7 Å². The molecule has 1 saturated carbocycles. The van der Waals surface area contributed by atoms with Gasteiger partial charge in [-0.05, 0) is 36.8 Å². The SMILES string of the molecule is CC[C@@H]1[C@@H](O)N2[C@H]3C[C@H]1C1[C@@H](OC(C)=O)C4(C[C@@H]12)C3=Nc1ccccc14. The van der Waals surface area contributed by atoms with Gasteiger partial charge in [0.05, 0.1) is 22.9 Å². The van der Waals surface area contributed by atoms with E-state index in [9.17, 15) is 9.90 Å². The molecule has 5 heterocycles. The van der Waals surface area contributed by atoms with Crippen molar-refractivity contribution in [3.05, 3.63) is 29.8 Å². The Morgan fingerprint density at radius 3 is 3.00 bits per heavy atom. The van der Waals surface area contributed by atoms with E-state index in [-0.39, 0.29) is 35.5 Å². The molecular weight excluding hydrogens is 328 g/mol. The monoisotopic (exact) mass is 352 g/mol. The van der Waals surface area contributed by atoms with E-state index in [0.717, 1.165) is 30.7 Å². The summed E-state index contributed by atoms with van der Waals surface area (Å²) in [6.07, 6.45) is 2.34. The zero-order valence-corrected chi connectivity index (χ0v) is 15.1. The number of carbonyl (C=O) groups excluding carboxylic acids is 1. The van der Waals surface area contributed by atoms with Crippen LogP contribution in [-0.2, 0) is 14.9 Å². The van der Waals surface area contributed by atoms with Crippen LogP contribution in [0.3, 0.4) is 0 Å². The van der Waals surface area contributed by atoms with Crippen molar-refractivity contribution in [2.45, 2.75) is 62.9 Å². The molecule has 1 aromatic carbocycles. The van der Waals surface area contributed by atoms with E-state index >= 15 is 0 Å². The van der Waals surface area contributed by atoms with Crippen molar-refractivity contribution in [3.8, 4) is 0 Å². The van der Waals surface area contributed by atoms with Crippen molar-refractivity contribution in [3.63, 3.8) is 0 Å². The zero-order valence-electron chi connectivity index (χ0n) is 15.1. The fourth-order valence-electron chi connectivity index (χ4n) is 7.30. The van der Waals surface area contributed by atoms with Gasteiger partial charge in [-0.1, -0.05) is 25.1 Å². The topological polar surface area (TPSA) is 62.1 Å². The molecule has 5 nitrogen and oxygen atoms in total. The Kier molecular flexibility index (Phi) is 2.81. The minimum atomic E-state index is -0.398. The van der Waals surface area contributed by atoms with Crippen LogP contribution in [0.25, 0.3) is 0 Å².